The van der Waals surface area contributed by atoms with Crippen LogP contribution < -0.4 is 10.6 Å². The first kappa shape index (κ1) is 16.7. The number of nitrogens with one attached hydrogen (secondary N) is 2. The van der Waals surface area contributed by atoms with Gasteiger partial charge < -0.3 is 15.5 Å². The molecule has 0 bridgehead atoms. The van der Waals surface area contributed by atoms with E-state index in [0.29, 0.717) is 6.04 Å². The number of anilines is 1. The van der Waals surface area contributed by atoms with Crippen molar-refractivity contribution in [3.8, 4) is 0 Å². The predicted octanol–water partition coefficient (Wildman–Crippen LogP) is 3.05. The largest absolute Gasteiger partial charge is 0.367 e. The van der Waals surface area contributed by atoms with Gasteiger partial charge in [0.05, 0.1) is 0 Å². The minimum Gasteiger partial charge on any atom is -0.367 e. The standard InChI is InChI=1S/C19H32N4/c1-23(18-11-13-20-15-18)14-5-3-2-4-8-17-10-9-16-7-6-12-21-19(16)22-17/h6-7,12,17-18,20H,2-5,8-11,13-15H2,1H3,(H,21,22)/t17-,18-/m1/s1. The Morgan fingerprint density at radius 1 is 1.22 bits per heavy atom. The van der Waals surface area contributed by atoms with Crippen LogP contribution in [0.2, 0.25) is 0 Å². The Morgan fingerprint density at radius 2 is 2.13 bits per heavy atom. The molecule has 1 aromatic rings. The average molecular weight is 316 g/mol. The van der Waals surface area contributed by atoms with Crippen molar-refractivity contribution < 1.29 is 0 Å². The topological polar surface area (TPSA) is 40.2 Å². The number of fused-ring (bicyclic) bond motifs is 1. The van der Waals surface area contributed by atoms with Gasteiger partial charge in [0.15, 0.2) is 0 Å². The zero-order valence-corrected chi connectivity index (χ0v) is 14.6. The number of hydrogen-bond donors (Lipinski definition) is 2. The summed E-state index contributed by atoms with van der Waals surface area (Å²) in [4.78, 5) is 7.01. The second-order valence-corrected chi connectivity index (χ2v) is 7.22. The molecule has 3 heterocycles. The molecule has 0 spiro atoms. The second-order valence-electron chi connectivity index (χ2n) is 7.22. The molecule has 2 N–H and O–H groups in total. The Labute approximate surface area is 141 Å². The van der Waals surface area contributed by atoms with Crippen LogP contribution in [0.1, 0.15) is 50.5 Å². The van der Waals surface area contributed by atoms with Crippen LogP contribution in [0.3, 0.4) is 0 Å². The summed E-state index contributed by atoms with van der Waals surface area (Å²) in [7, 11) is 2.29. The molecule has 4 heteroatoms. The molecule has 3 rings (SSSR count). The van der Waals surface area contributed by atoms with Crippen molar-refractivity contribution in [2.75, 3.05) is 32.0 Å². The number of aromatic nitrogens is 1. The minimum absolute atomic E-state index is 0.629. The highest BCUT2D eigenvalue weighted by Crippen LogP contribution is 2.24. The summed E-state index contributed by atoms with van der Waals surface area (Å²) in [5.74, 6) is 1.12. The number of likely N-dealkylation sites (N-methyl/N-ethyl adjacent to an activating group) is 1. The molecule has 23 heavy (non-hydrogen) atoms. The molecule has 128 valence electrons. The van der Waals surface area contributed by atoms with E-state index in [1.807, 2.05) is 12.3 Å². The first-order valence-electron chi connectivity index (χ1n) is 9.44. The zero-order chi connectivity index (χ0) is 15.9. The van der Waals surface area contributed by atoms with E-state index in [2.05, 4.69) is 33.6 Å². The lowest BCUT2D eigenvalue weighted by atomic mass is 9.96. The lowest BCUT2D eigenvalue weighted by Crippen LogP contribution is -2.34. The molecule has 2 aliphatic heterocycles. The molecule has 0 aromatic carbocycles. The van der Waals surface area contributed by atoms with E-state index >= 15 is 0 Å². The fourth-order valence-electron chi connectivity index (χ4n) is 3.89. The molecular formula is C19H32N4. The van der Waals surface area contributed by atoms with Crippen LogP contribution in [0.4, 0.5) is 5.82 Å². The van der Waals surface area contributed by atoms with Crippen molar-refractivity contribution in [2.24, 2.45) is 0 Å². The summed E-state index contributed by atoms with van der Waals surface area (Å²) in [5, 5.41) is 7.07. The van der Waals surface area contributed by atoms with Crippen molar-refractivity contribution in [1.82, 2.24) is 15.2 Å². The number of aryl methyl sites for hydroxylation is 1. The van der Waals surface area contributed by atoms with Gasteiger partial charge in [0.25, 0.3) is 0 Å². The Bertz CT molecular complexity index is 470. The Kier molecular flexibility index (Phi) is 6.29. The van der Waals surface area contributed by atoms with Gasteiger partial charge in [-0.15, -0.1) is 0 Å². The van der Waals surface area contributed by atoms with Gasteiger partial charge in [-0.1, -0.05) is 25.3 Å². The molecule has 1 fully saturated rings. The molecule has 2 aliphatic rings. The maximum atomic E-state index is 4.46. The van der Waals surface area contributed by atoms with Gasteiger partial charge in [-0.25, -0.2) is 4.98 Å². The maximum Gasteiger partial charge on any atom is 0.129 e. The third-order valence-electron chi connectivity index (χ3n) is 5.47. The predicted molar refractivity (Wildman–Crippen MR) is 97.0 cm³/mol. The van der Waals surface area contributed by atoms with Crippen molar-refractivity contribution >= 4 is 5.82 Å². The van der Waals surface area contributed by atoms with E-state index in [1.165, 1.54) is 76.6 Å². The summed E-state index contributed by atoms with van der Waals surface area (Å²) in [6.45, 7) is 3.63. The van der Waals surface area contributed by atoms with Gasteiger partial charge in [0, 0.05) is 24.8 Å². The molecule has 0 amide bonds. The highest BCUT2D eigenvalue weighted by atomic mass is 15.2. The Balaban J connectivity index is 1.25. The van der Waals surface area contributed by atoms with Crippen molar-refractivity contribution in [1.29, 1.82) is 0 Å². The SMILES string of the molecule is CN(CCCCCC[C@@H]1CCc2cccnc2N1)[C@@H]1CCNC1. The van der Waals surface area contributed by atoms with E-state index in [9.17, 15) is 0 Å². The van der Waals surface area contributed by atoms with Crippen LogP contribution in [-0.4, -0.2) is 48.6 Å². The number of nitrogens with zero attached hydrogens (tertiary/aromatic N) is 2. The van der Waals surface area contributed by atoms with Crippen LogP contribution in [0.5, 0.6) is 0 Å². The van der Waals surface area contributed by atoms with E-state index < -0.39 is 0 Å². The summed E-state index contributed by atoms with van der Waals surface area (Å²) in [5.41, 5.74) is 1.38. The smallest absolute Gasteiger partial charge is 0.129 e. The lowest BCUT2D eigenvalue weighted by Gasteiger charge is -2.26. The first-order chi connectivity index (χ1) is 11.3. The molecule has 0 unspecified atom stereocenters. The van der Waals surface area contributed by atoms with E-state index in [-0.39, 0.29) is 0 Å². The van der Waals surface area contributed by atoms with Gasteiger partial charge in [0.2, 0.25) is 0 Å². The maximum absolute atomic E-state index is 4.46. The number of rotatable bonds is 8. The zero-order valence-electron chi connectivity index (χ0n) is 14.6. The van der Waals surface area contributed by atoms with E-state index in [0.717, 1.165) is 11.9 Å². The molecular weight excluding hydrogens is 284 g/mol. The van der Waals surface area contributed by atoms with Gasteiger partial charge in [-0.05, 0) is 63.9 Å². The van der Waals surface area contributed by atoms with Crippen LogP contribution in [-0.2, 0) is 6.42 Å². The van der Waals surface area contributed by atoms with Gasteiger partial charge in [-0.2, -0.15) is 0 Å². The van der Waals surface area contributed by atoms with Crippen LogP contribution in [0.15, 0.2) is 18.3 Å². The van der Waals surface area contributed by atoms with E-state index in [1.54, 1.807) is 0 Å². The summed E-state index contributed by atoms with van der Waals surface area (Å²) in [6, 6.07) is 5.64. The molecule has 0 saturated carbocycles. The van der Waals surface area contributed by atoms with Crippen LogP contribution >= 0.6 is 0 Å². The average Bonchev–Trinajstić information content (AvgIpc) is 3.12. The van der Waals surface area contributed by atoms with Gasteiger partial charge in [0.1, 0.15) is 5.82 Å². The first-order valence-corrected chi connectivity index (χ1v) is 9.44. The Morgan fingerprint density at radius 3 is 3.00 bits per heavy atom. The number of unbranched alkanes of at least 4 members (excludes halogenated alkanes) is 3. The van der Waals surface area contributed by atoms with Crippen LogP contribution in [0, 0.1) is 0 Å². The quantitative estimate of drug-likeness (QED) is 0.723. The Hall–Kier alpha value is -1.13. The normalized spacial score (nSPS) is 23.7. The monoisotopic (exact) mass is 316 g/mol. The number of hydrogen-bond acceptors (Lipinski definition) is 4. The van der Waals surface area contributed by atoms with Gasteiger partial charge >= 0.3 is 0 Å². The molecule has 2 atom stereocenters. The second kappa shape index (κ2) is 8.65. The van der Waals surface area contributed by atoms with Crippen molar-refractivity contribution in [3.05, 3.63) is 23.9 Å². The number of pyridine rings is 1. The fourth-order valence-corrected chi connectivity index (χ4v) is 3.89. The molecule has 4 nitrogen and oxygen atoms in total. The third kappa shape index (κ3) is 4.92. The highest BCUT2D eigenvalue weighted by molar-refractivity contribution is 5.46. The highest BCUT2D eigenvalue weighted by Gasteiger charge is 2.19. The fraction of sp³-hybridized carbons (Fsp3) is 0.737. The molecule has 1 saturated heterocycles. The van der Waals surface area contributed by atoms with Crippen molar-refractivity contribution in [2.45, 2.75) is 63.5 Å². The summed E-state index contributed by atoms with van der Waals surface area (Å²) in [6.07, 6.45) is 12.4. The van der Waals surface area contributed by atoms with E-state index in [4.69, 9.17) is 0 Å². The van der Waals surface area contributed by atoms with Crippen molar-refractivity contribution in [3.63, 3.8) is 0 Å². The molecule has 0 radical (unpaired) electrons. The summed E-state index contributed by atoms with van der Waals surface area (Å²) < 4.78 is 0. The van der Waals surface area contributed by atoms with Gasteiger partial charge in [-0.3, -0.25) is 0 Å². The molecule has 1 aromatic heterocycles. The van der Waals surface area contributed by atoms with Crippen LogP contribution in [0.25, 0.3) is 0 Å². The summed E-state index contributed by atoms with van der Waals surface area (Å²) >= 11 is 0. The molecule has 0 aliphatic carbocycles. The third-order valence-corrected chi connectivity index (χ3v) is 5.47. The minimum atomic E-state index is 0.629. The lowest BCUT2D eigenvalue weighted by molar-refractivity contribution is 0.251.